The summed E-state index contributed by atoms with van der Waals surface area (Å²) < 4.78 is 13.7. The van der Waals surface area contributed by atoms with Gasteiger partial charge >= 0.3 is 0 Å². The molecule has 5 heteroatoms. The fourth-order valence-electron chi connectivity index (χ4n) is 2.30. The number of rotatable bonds is 2. The number of nitrogens with zero attached hydrogens (tertiary/aromatic N) is 1. The smallest absolute Gasteiger partial charge is 0.243 e. The molecule has 1 aliphatic heterocycles. The Morgan fingerprint density at radius 2 is 2.05 bits per heavy atom. The minimum Gasteiger partial charge on any atom is -0.356 e. The fraction of sp³-hybridized carbons (Fsp3) is 0.133. The van der Waals surface area contributed by atoms with E-state index in [2.05, 4.69) is 21.2 Å². The first-order chi connectivity index (χ1) is 9.63. The molecule has 102 valence electrons. The van der Waals surface area contributed by atoms with Crippen molar-refractivity contribution in [3.63, 3.8) is 0 Å². The van der Waals surface area contributed by atoms with Gasteiger partial charge < -0.3 is 10.2 Å². The molecule has 0 aromatic heterocycles. The Morgan fingerprint density at radius 1 is 1.25 bits per heavy atom. The minimum absolute atomic E-state index is 0.0372. The van der Waals surface area contributed by atoms with Gasteiger partial charge in [0.2, 0.25) is 5.91 Å². The first kappa shape index (κ1) is 13.1. The molecule has 3 rings (SSSR count). The molecular formula is C15H12BrFN2O. The molecular weight excluding hydrogens is 323 g/mol. The van der Waals surface area contributed by atoms with Crippen molar-refractivity contribution in [1.29, 1.82) is 0 Å². The molecule has 0 spiro atoms. The summed E-state index contributed by atoms with van der Waals surface area (Å²) in [4.78, 5) is 13.7. The molecule has 1 amide bonds. The van der Waals surface area contributed by atoms with Gasteiger partial charge in [-0.05, 0) is 45.8 Å². The van der Waals surface area contributed by atoms with Gasteiger partial charge in [0.25, 0.3) is 0 Å². The normalized spacial score (nSPS) is 13.9. The van der Waals surface area contributed by atoms with Crippen LogP contribution in [-0.2, 0) is 11.3 Å². The molecule has 0 fully saturated rings. The number of halogens is 2. The summed E-state index contributed by atoms with van der Waals surface area (Å²) in [6, 6.07) is 12.6. The van der Waals surface area contributed by atoms with Crippen molar-refractivity contribution >= 4 is 33.2 Å². The molecule has 1 N–H and O–H groups in total. The van der Waals surface area contributed by atoms with Gasteiger partial charge in [0.05, 0.1) is 22.4 Å². The Hall–Kier alpha value is -1.88. The van der Waals surface area contributed by atoms with Gasteiger partial charge in [0.1, 0.15) is 5.82 Å². The Balaban J connectivity index is 1.90. The van der Waals surface area contributed by atoms with Crippen molar-refractivity contribution in [2.75, 3.05) is 16.8 Å². The molecule has 0 saturated carbocycles. The maximum Gasteiger partial charge on any atom is 0.243 e. The van der Waals surface area contributed by atoms with Crippen LogP contribution in [0, 0.1) is 5.82 Å². The monoisotopic (exact) mass is 334 g/mol. The highest BCUT2D eigenvalue weighted by molar-refractivity contribution is 9.10. The van der Waals surface area contributed by atoms with E-state index in [-0.39, 0.29) is 11.7 Å². The Kier molecular flexibility index (Phi) is 3.44. The van der Waals surface area contributed by atoms with Crippen molar-refractivity contribution in [1.82, 2.24) is 0 Å². The van der Waals surface area contributed by atoms with Crippen molar-refractivity contribution < 1.29 is 9.18 Å². The van der Waals surface area contributed by atoms with Crippen LogP contribution in [0.5, 0.6) is 0 Å². The van der Waals surface area contributed by atoms with Gasteiger partial charge in [0, 0.05) is 6.54 Å². The molecule has 0 unspecified atom stereocenters. The second-order valence-electron chi connectivity index (χ2n) is 4.67. The van der Waals surface area contributed by atoms with Crippen LogP contribution < -0.4 is 10.2 Å². The quantitative estimate of drug-likeness (QED) is 0.910. The molecule has 2 aromatic carbocycles. The number of hydrogen-bond acceptors (Lipinski definition) is 2. The molecule has 0 atom stereocenters. The summed E-state index contributed by atoms with van der Waals surface area (Å²) in [7, 11) is 0. The van der Waals surface area contributed by atoms with Gasteiger partial charge in [-0.1, -0.05) is 18.2 Å². The van der Waals surface area contributed by atoms with E-state index in [1.807, 2.05) is 29.2 Å². The molecule has 2 aromatic rings. The first-order valence-electron chi connectivity index (χ1n) is 6.21. The van der Waals surface area contributed by atoms with E-state index in [0.29, 0.717) is 17.6 Å². The highest BCUT2D eigenvalue weighted by Crippen LogP contribution is 2.30. The van der Waals surface area contributed by atoms with Crippen molar-refractivity contribution in [3.8, 4) is 0 Å². The average Bonchev–Trinajstić information content (AvgIpc) is 2.43. The third-order valence-corrected chi connectivity index (χ3v) is 3.82. The van der Waals surface area contributed by atoms with E-state index in [9.17, 15) is 9.18 Å². The van der Waals surface area contributed by atoms with E-state index in [1.54, 1.807) is 12.1 Å². The summed E-state index contributed by atoms with van der Waals surface area (Å²) in [5.74, 6) is -0.324. The standard InChI is InChI=1S/C15H12BrFN2O/c16-11-7-10(5-6-12(11)17)8-19-9-15(20)18-13-3-1-2-4-14(13)19/h1-7H,8-9H2,(H,18,20). The molecule has 1 aliphatic rings. The Labute approximate surface area is 124 Å². The number of amides is 1. The molecule has 1 heterocycles. The van der Waals surface area contributed by atoms with Gasteiger partial charge in [-0.25, -0.2) is 4.39 Å². The highest BCUT2D eigenvalue weighted by atomic mass is 79.9. The highest BCUT2D eigenvalue weighted by Gasteiger charge is 2.21. The topological polar surface area (TPSA) is 32.3 Å². The zero-order valence-electron chi connectivity index (χ0n) is 10.6. The maximum absolute atomic E-state index is 13.3. The number of hydrogen-bond donors (Lipinski definition) is 1. The van der Waals surface area contributed by atoms with Crippen LogP contribution in [0.2, 0.25) is 0 Å². The molecule has 0 aliphatic carbocycles. The summed E-state index contributed by atoms with van der Waals surface area (Å²) in [5, 5.41) is 2.85. The number of fused-ring (bicyclic) bond motifs is 1. The predicted octanol–water partition coefficient (Wildman–Crippen LogP) is 3.55. The number of carbonyl (C=O) groups is 1. The van der Waals surface area contributed by atoms with Crippen LogP contribution in [0.25, 0.3) is 0 Å². The fourth-order valence-corrected chi connectivity index (χ4v) is 2.73. The predicted molar refractivity (Wildman–Crippen MR) is 80.2 cm³/mol. The van der Waals surface area contributed by atoms with Gasteiger partial charge in [-0.15, -0.1) is 0 Å². The van der Waals surface area contributed by atoms with Crippen LogP contribution in [-0.4, -0.2) is 12.5 Å². The molecule has 3 nitrogen and oxygen atoms in total. The first-order valence-corrected chi connectivity index (χ1v) is 7.00. The lowest BCUT2D eigenvalue weighted by Gasteiger charge is -2.31. The van der Waals surface area contributed by atoms with Crippen molar-refractivity contribution in [3.05, 3.63) is 58.3 Å². The van der Waals surface area contributed by atoms with Crippen LogP contribution >= 0.6 is 15.9 Å². The molecule has 0 bridgehead atoms. The van der Waals surface area contributed by atoms with E-state index in [4.69, 9.17) is 0 Å². The number of carbonyl (C=O) groups excluding carboxylic acids is 1. The SMILES string of the molecule is O=C1CN(Cc2ccc(F)c(Br)c2)c2ccccc2N1. The second-order valence-corrected chi connectivity index (χ2v) is 5.52. The number of benzene rings is 2. The van der Waals surface area contributed by atoms with E-state index in [0.717, 1.165) is 16.9 Å². The van der Waals surface area contributed by atoms with E-state index < -0.39 is 0 Å². The lowest BCUT2D eigenvalue weighted by atomic mass is 10.1. The summed E-state index contributed by atoms with van der Waals surface area (Å²) >= 11 is 3.18. The number of para-hydroxylation sites is 2. The van der Waals surface area contributed by atoms with Gasteiger partial charge in [-0.2, -0.15) is 0 Å². The molecule has 0 saturated heterocycles. The zero-order valence-corrected chi connectivity index (χ0v) is 12.2. The lowest BCUT2D eigenvalue weighted by molar-refractivity contribution is -0.115. The number of anilines is 2. The van der Waals surface area contributed by atoms with Crippen LogP contribution in [0.15, 0.2) is 46.9 Å². The Morgan fingerprint density at radius 3 is 2.85 bits per heavy atom. The lowest BCUT2D eigenvalue weighted by Crippen LogP contribution is -2.37. The number of nitrogens with one attached hydrogen (secondary N) is 1. The third-order valence-electron chi connectivity index (χ3n) is 3.21. The van der Waals surface area contributed by atoms with Crippen LogP contribution in [0.1, 0.15) is 5.56 Å². The van der Waals surface area contributed by atoms with Gasteiger partial charge in [-0.3, -0.25) is 4.79 Å². The minimum atomic E-state index is -0.287. The summed E-state index contributed by atoms with van der Waals surface area (Å²) in [5.41, 5.74) is 2.74. The zero-order chi connectivity index (χ0) is 14.1. The third kappa shape index (κ3) is 2.54. The molecule has 0 radical (unpaired) electrons. The van der Waals surface area contributed by atoms with E-state index in [1.165, 1.54) is 6.07 Å². The summed E-state index contributed by atoms with van der Waals surface area (Å²) in [6.07, 6.45) is 0. The average molecular weight is 335 g/mol. The largest absolute Gasteiger partial charge is 0.356 e. The van der Waals surface area contributed by atoms with Gasteiger partial charge in [0.15, 0.2) is 0 Å². The van der Waals surface area contributed by atoms with Crippen molar-refractivity contribution in [2.24, 2.45) is 0 Å². The Bertz CT molecular complexity index is 675. The van der Waals surface area contributed by atoms with E-state index >= 15 is 0 Å². The second kappa shape index (κ2) is 5.25. The van der Waals surface area contributed by atoms with Crippen molar-refractivity contribution in [2.45, 2.75) is 6.54 Å². The summed E-state index contributed by atoms with van der Waals surface area (Å²) in [6.45, 7) is 0.856. The molecule has 20 heavy (non-hydrogen) atoms. The van der Waals surface area contributed by atoms with Crippen LogP contribution in [0.4, 0.5) is 15.8 Å². The van der Waals surface area contributed by atoms with Crippen LogP contribution in [0.3, 0.4) is 0 Å². The maximum atomic E-state index is 13.3.